The Morgan fingerprint density at radius 3 is 2.81 bits per heavy atom. The number of nitrogens with zero attached hydrogens (tertiary/aromatic N) is 3. The lowest BCUT2D eigenvalue weighted by Gasteiger charge is -2.17. The number of imidazole rings is 1. The summed E-state index contributed by atoms with van der Waals surface area (Å²) < 4.78 is 7.39. The van der Waals surface area contributed by atoms with Crippen molar-refractivity contribution in [2.45, 2.75) is 25.3 Å². The molecule has 0 spiro atoms. The summed E-state index contributed by atoms with van der Waals surface area (Å²) in [6, 6.07) is 16.4. The van der Waals surface area contributed by atoms with Gasteiger partial charge in [0.2, 0.25) is 5.91 Å². The van der Waals surface area contributed by atoms with Crippen LogP contribution in [0.25, 0.3) is 11.0 Å². The fraction of sp³-hybridized carbons (Fsp3) is 0.333. The normalized spacial score (nSPS) is 17.0. The summed E-state index contributed by atoms with van der Waals surface area (Å²) in [7, 11) is 1.66. The Morgan fingerprint density at radius 2 is 2.00 bits per heavy atom. The molecule has 1 aromatic heterocycles. The molecule has 2 aromatic carbocycles. The van der Waals surface area contributed by atoms with Crippen LogP contribution >= 0.6 is 0 Å². The molecular formula is C21H23N3O2. The molecule has 0 bridgehead atoms. The summed E-state index contributed by atoms with van der Waals surface area (Å²) in [6.07, 6.45) is 4.19. The first kappa shape index (κ1) is 16.6. The van der Waals surface area contributed by atoms with E-state index in [0.717, 1.165) is 48.3 Å². The Kier molecular flexibility index (Phi) is 4.61. The zero-order valence-corrected chi connectivity index (χ0v) is 15.0. The van der Waals surface area contributed by atoms with Crippen LogP contribution in [0.4, 0.5) is 0 Å². The number of aromatic nitrogens is 2. The highest BCUT2D eigenvalue weighted by atomic mass is 16.5. The molecule has 3 aromatic rings. The average molecular weight is 349 g/mol. The second kappa shape index (κ2) is 7.20. The zero-order chi connectivity index (χ0) is 17.9. The van der Waals surface area contributed by atoms with E-state index in [1.807, 2.05) is 53.7 Å². The molecule has 1 amide bonds. The number of benzene rings is 2. The highest BCUT2D eigenvalue weighted by molar-refractivity contribution is 5.77. The van der Waals surface area contributed by atoms with E-state index in [-0.39, 0.29) is 5.91 Å². The van der Waals surface area contributed by atoms with E-state index in [1.54, 1.807) is 7.11 Å². The van der Waals surface area contributed by atoms with Crippen LogP contribution in [0.5, 0.6) is 5.75 Å². The number of rotatable bonds is 5. The molecule has 1 aliphatic rings. The SMILES string of the molecule is COc1ccc(CCC(=O)N2CCC(n3cnc4ccccc43)C2)cc1. The summed E-state index contributed by atoms with van der Waals surface area (Å²) in [5, 5.41) is 0. The maximum absolute atomic E-state index is 12.6. The number of carbonyl (C=O) groups is 1. The number of hydrogen-bond acceptors (Lipinski definition) is 3. The summed E-state index contributed by atoms with van der Waals surface area (Å²) in [5.41, 5.74) is 3.32. The predicted molar refractivity (Wildman–Crippen MR) is 101 cm³/mol. The van der Waals surface area contributed by atoms with Crippen LogP contribution in [0.1, 0.15) is 24.4 Å². The third-order valence-corrected chi connectivity index (χ3v) is 5.18. The number of carbonyl (C=O) groups excluding carboxylic acids is 1. The molecule has 5 nitrogen and oxygen atoms in total. The van der Waals surface area contributed by atoms with Crippen LogP contribution in [0.2, 0.25) is 0 Å². The molecule has 1 unspecified atom stereocenters. The smallest absolute Gasteiger partial charge is 0.222 e. The first-order valence-electron chi connectivity index (χ1n) is 9.07. The van der Waals surface area contributed by atoms with Gasteiger partial charge in [-0.3, -0.25) is 4.79 Å². The molecule has 0 radical (unpaired) electrons. The van der Waals surface area contributed by atoms with E-state index < -0.39 is 0 Å². The zero-order valence-electron chi connectivity index (χ0n) is 15.0. The van der Waals surface area contributed by atoms with Crippen molar-refractivity contribution in [2.75, 3.05) is 20.2 Å². The van der Waals surface area contributed by atoms with Crippen LogP contribution < -0.4 is 4.74 Å². The molecule has 1 atom stereocenters. The number of aryl methyl sites for hydroxylation is 1. The first-order valence-corrected chi connectivity index (χ1v) is 9.07. The van der Waals surface area contributed by atoms with Crippen molar-refractivity contribution in [3.63, 3.8) is 0 Å². The molecule has 0 aliphatic carbocycles. The minimum Gasteiger partial charge on any atom is -0.497 e. The maximum Gasteiger partial charge on any atom is 0.222 e. The minimum absolute atomic E-state index is 0.229. The molecule has 4 rings (SSSR count). The second-order valence-electron chi connectivity index (χ2n) is 6.77. The quantitative estimate of drug-likeness (QED) is 0.709. The number of likely N-dealkylation sites (tertiary alicyclic amines) is 1. The van der Waals surface area contributed by atoms with Gasteiger partial charge in [0.15, 0.2) is 0 Å². The topological polar surface area (TPSA) is 47.4 Å². The van der Waals surface area contributed by atoms with Crippen molar-refractivity contribution in [1.29, 1.82) is 0 Å². The molecule has 2 heterocycles. The largest absolute Gasteiger partial charge is 0.497 e. The van der Waals surface area contributed by atoms with Crippen LogP contribution in [-0.2, 0) is 11.2 Å². The Labute approximate surface area is 153 Å². The number of hydrogen-bond donors (Lipinski definition) is 0. The second-order valence-corrected chi connectivity index (χ2v) is 6.77. The maximum atomic E-state index is 12.6. The Balaban J connectivity index is 1.36. The van der Waals surface area contributed by atoms with Crippen LogP contribution in [0, 0.1) is 0 Å². The van der Waals surface area contributed by atoms with Crippen molar-refractivity contribution in [2.24, 2.45) is 0 Å². The monoisotopic (exact) mass is 349 g/mol. The van der Waals surface area contributed by atoms with Gasteiger partial charge >= 0.3 is 0 Å². The van der Waals surface area contributed by atoms with Gasteiger partial charge in [0.25, 0.3) is 0 Å². The number of amides is 1. The fourth-order valence-electron chi connectivity index (χ4n) is 3.67. The summed E-state index contributed by atoms with van der Waals surface area (Å²) in [5.74, 6) is 1.07. The number of fused-ring (bicyclic) bond motifs is 1. The van der Waals surface area contributed by atoms with Crippen molar-refractivity contribution < 1.29 is 9.53 Å². The highest BCUT2D eigenvalue weighted by Crippen LogP contribution is 2.26. The van der Waals surface area contributed by atoms with E-state index in [2.05, 4.69) is 15.6 Å². The van der Waals surface area contributed by atoms with E-state index in [1.165, 1.54) is 0 Å². The van der Waals surface area contributed by atoms with Crippen LogP contribution in [0.15, 0.2) is 54.9 Å². The molecule has 1 fully saturated rings. The van der Waals surface area contributed by atoms with Gasteiger partial charge in [-0.1, -0.05) is 24.3 Å². The number of para-hydroxylation sites is 2. The lowest BCUT2D eigenvalue weighted by Crippen LogP contribution is -2.29. The fourth-order valence-corrected chi connectivity index (χ4v) is 3.67. The van der Waals surface area contributed by atoms with Crippen molar-refractivity contribution in [3.05, 3.63) is 60.4 Å². The highest BCUT2D eigenvalue weighted by Gasteiger charge is 2.27. The molecule has 0 saturated carbocycles. The van der Waals surface area contributed by atoms with Gasteiger partial charge in [-0.2, -0.15) is 0 Å². The van der Waals surface area contributed by atoms with Crippen LogP contribution in [-0.4, -0.2) is 40.6 Å². The molecule has 134 valence electrons. The number of methoxy groups -OCH3 is 1. The van der Waals surface area contributed by atoms with Gasteiger partial charge in [-0.15, -0.1) is 0 Å². The lowest BCUT2D eigenvalue weighted by atomic mass is 10.1. The molecule has 5 heteroatoms. The average Bonchev–Trinajstić information content (AvgIpc) is 3.33. The van der Waals surface area contributed by atoms with Gasteiger partial charge in [0.1, 0.15) is 5.75 Å². The Morgan fingerprint density at radius 1 is 1.19 bits per heavy atom. The van der Waals surface area contributed by atoms with Gasteiger partial charge in [0, 0.05) is 19.5 Å². The van der Waals surface area contributed by atoms with Gasteiger partial charge in [0.05, 0.1) is 30.5 Å². The van der Waals surface area contributed by atoms with E-state index in [4.69, 9.17) is 4.74 Å². The predicted octanol–water partition coefficient (Wildman–Crippen LogP) is 3.45. The third kappa shape index (κ3) is 3.29. The summed E-state index contributed by atoms with van der Waals surface area (Å²) >= 11 is 0. The van der Waals surface area contributed by atoms with Gasteiger partial charge in [-0.05, 0) is 42.7 Å². The van der Waals surface area contributed by atoms with E-state index >= 15 is 0 Å². The molecule has 0 N–H and O–H groups in total. The number of ether oxygens (including phenoxy) is 1. The molecular weight excluding hydrogens is 326 g/mol. The Hall–Kier alpha value is -2.82. The van der Waals surface area contributed by atoms with Gasteiger partial charge < -0.3 is 14.2 Å². The molecule has 1 aliphatic heterocycles. The van der Waals surface area contributed by atoms with E-state index in [0.29, 0.717) is 12.5 Å². The minimum atomic E-state index is 0.229. The van der Waals surface area contributed by atoms with Crippen molar-refractivity contribution in [3.8, 4) is 5.75 Å². The lowest BCUT2D eigenvalue weighted by molar-refractivity contribution is -0.130. The summed E-state index contributed by atoms with van der Waals surface area (Å²) in [6.45, 7) is 1.58. The van der Waals surface area contributed by atoms with E-state index in [9.17, 15) is 4.79 Å². The third-order valence-electron chi connectivity index (χ3n) is 5.18. The first-order chi connectivity index (χ1) is 12.7. The van der Waals surface area contributed by atoms with Crippen LogP contribution in [0.3, 0.4) is 0 Å². The Bertz CT molecular complexity index is 901. The van der Waals surface area contributed by atoms with Crippen molar-refractivity contribution >= 4 is 16.9 Å². The summed E-state index contributed by atoms with van der Waals surface area (Å²) in [4.78, 5) is 19.1. The van der Waals surface area contributed by atoms with Crippen molar-refractivity contribution in [1.82, 2.24) is 14.5 Å². The van der Waals surface area contributed by atoms with Gasteiger partial charge in [-0.25, -0.2) is 4.98 Å². The standard InChI is InChI=1S/C21H23N3O2/c1-26-18-9-6-16(7-10-18)8-11-21(25)23-13-12-17(14-23)24-15-22-19-4-2-3-5-20(19)24/h2-7,9-10,15,17H,8,11-14H2,1H3. The molecule has 1 saturated heterocycles. The molecule has 26 heavy (non-hydrogen) atoms.